The van der Waals surface area contributed by atoms with Crippen LogP contribution in [0.1, 0.15) is 5.69 Å². The van der Waals surface area contributed by atoms with Gasteiger partial charge in [-0.05, 0) is 6.07 Å². The van der Waals surface area contributed by atoms with Crippen LogP contribution in [0, 0.1) is 0 Å². The van der Waals surface area contributed by atoms with Gasteiger partial charge in [0, 0.05) is 52.5 Å². The summed E-state index contributed by atoms with van der Waals surface area (Å²) < 4.78 is 1.85. The fraction of sp³-hybridized carbons (Fsp3) is 0.636. The van der Waals surface area contributed by atoms with Gasteiger partial charge in [-0.25, -0.2) is 0 Å². The average molecular weight is 253 g/mol. The summed E-state index contributed by atoms with van der Waals surface area (Å²) in [6, 6.07) is 2.07. The Hall–Kier alpha value is -0.980. The van der Waals surface area contributed by atoms with Crippen LogP contribution >= 0.6 is 12.2 Å². The number of thiocarbonyl (C=S) groups is 1. The van der Waals surface area contributed by atoms with Crippen LogP contribution in [-0.2, 0) is 13.6 Å². The number of aromatic nitrogens is 2. The van der Waals surface area contributed by atoms with E-state index < -0.39 is 0 Å². The van der Waals surface area contributed by atoms with Gasteiger partial charge in [0.15, 0.2) is 0 Å². The molecule has 1 aliphatic rings. The van der Waals surface area contributed by atoms with Gasteiger partial charge in [0.2, 0.25) is 0 Å². The second kappa shape index (κ2) is 5.57. The number of hydrogen-bond donors (Lipinski definition) is 1. The van der Waals surface area contributed by atoms with Crippen molar-refractivity contribution in [1.29, 1.82) is 0 Å². The maximum Gasteiger partial charge on any atom is 0.0870 e. The van der Waals surface area contributed by atoms with Gasteiger partial charge in [-0.2, -0.15) is 5.10 Å². The van der Waals surface area contributed by atoms with Crippen LogP contribution in [0.4, 0.5) is 0 Å². The highest BCUT2D eigenvalue weighted by Crippen LogP contribution is 2.06. The number of rotatable bonds is 4. The van der Waals surface area contributed by atoms with Crippen LogP contribution in [-0.4, -0.2) is 57.3 Å². The van der Waals surface area contributed by atoms with Crippen molar-refractivity contribution in [1.82, 2.24) is 19.6 Å². The minimum absolute atomic E-state index is 0.586. The van der Waals surface area contributed by atoms with E-state index in [-0.39, 0.29) is 0 Å². The first kappa shape index (κ1) is 12.5. The third-order valence-corrected chi connectivity index (χ3v) is 3.13. The van der Waals surface area contributed by atoms with E-state index in [9.17, 15) is 0 Å². The third-order valence-electron chi connectivity index (χ3n) is 3.00. The van der Waals surface area contributed by atoms with Crippen LogP contribution < -0.4 is 5.73 Å². The summed E-state index contributed by atoms with van der Waals surface area (Å²) in [6.45, 7) is 5.85. The van der Waals surface area contributed by atoms with Gasteiger partial charge in [0.1, 0.15) is 0 Å². The lowest BCUT2D eigenvalue weighted by molar-refractivity contribution is 0.139. The lowest BCUT2D eigenvalue weighted by Crippen LogP contribution is -2.48. The van der Waals surface area contributed by atoms with Gasteiger partial charge in [-0.3, -0.25) is 14.5 Å². The van der Waals surface area contributed by atoms with Crippen LogP contribution in [0.2, 0.25) is 0 Å². The predicted octanol–water partition coefficient (Wildman–Crippen LogP) is -0.176. The molecule has 0 saturated carbocycles. The Labute approximate surface area is 107 Å². The first-order chi connectivity index (χ1) is 8.13. The zero-order valence-corrected chi connectivity index (χ0v) is 11.0. The van der Waals surface area contributed by atoms with E-state index in [1.165, 1.54) is 0 Å². The average Bonchev–Trinajstić information content (AvgIpc) is 2.66. The van der Waals surface area contributed by atoms with Gasteiger partial charge in [-0.15, -0.1) is 0 Å². The van der Waals surface area contributed by atoms with Crippen molar-refractivity contribution in [3.63, 3.8) is 0 Å². The molecule has 1 saturated heterocycles. The van der Waals surface area contributed by atoms with Gasteiger partial charge in [0.05, 0.1) is 10.7 Å². The molecule has 1 aliphatic heterocycles. The van der Waals surface area contributed by atoms with E-state index in [4.69, 9.17) is 18.0 Å². The van der Waals surface area contributed by atoms with E-state index in [1.807, 2.05) is 17.9 Å². The molecule has 6 heteroatoms. The molecule has 1 aromatic rings. The molecule has 2 N–H and O–H groups in total. The molecule has 0 spiro atoms. The summed E-state index contributed by atoms with van der Waals surface area (Å²) >= 11 is 4.92. The lowest BCUT2D eigenvalue weighted by Gasteiger charge is -2.33. The highest BCUT2D eigenvalue weighted by atomic mass is 32.1. The minimum atomic E-state index is 0.586. The molecular formula is C11H19N5S. The molecule has 2 rings (SSSR count). The standard InChI is InChI=1S/C11H19N5S/c1-14-3-2-10(13-14)8-15-4-6-16(7-5-15)9-11(12)17/h2-3H,4-9H2,1H3,(H2,12,17). The van der Waals surface area contributed by atoms with Crippen molar-refractivity contribution in [2.24, 2.45) is 12.8 Å². The summed E-state index contributed by atoms with van der Waals surface area (Å²) in [4.78, 5) is 5.30. The molecule has 1 aromatic heterocycles. The molecule has 17 heavy (non-hydrogen) atoms. The van der Waals surface area contributed by atoms with E-state index in [0.29, 0.717) is 4.99 Å². The van der Waals surface area contributed by atoms with E-state index in [1.54, 1.807) is 0 Å². The van der Waals surface area contributed by atoms with Gasteiger partial charge in [-0.1, -0.05) is 12.2 Å². The molecule has 1 fully saturated rings. The molecular weight excluding hydrogens is 234 g/mol. The van der Waals surface area contributed by atoms with Crippen molar-refractivity contribution in [2.45, 2.75) is 6.54 Å². The van der Waals surface area contributed by atoms with E-state index in [2.05, 4.69) is 21.0 Å². The first-order valence-electron chi connectivity index (χ1n) is 5.85. The molecule has 94 valence electrons. The Morgan fingerprint density at radius 1 is 1.35 bits per heavy atom. The zero-order valence-electron chi connectivity index (χ0n) is 10.2. The number of nitrogens with two attached hydrogens (primary N) is 1. The quantitative estimate of drug-likeness (QED) is 0.755. The molecule has 0 unspecified atom stereocenters. The monoisotopic (exact) mass is 253 g/mol. The molecule has 0 atom stereocenters. The number of nitrogens with zero attached hydrogens (tertiary/aromatic N) is 4. The summed E-state index contributed by atoms with van der Waals surface area (Å²) in [6.07, 6.45) is 1.98. The smallest absolute Gasteiger partial charge is 0.0870 e. The van der Waals surface area contributed by atoms with Crippen molar-refractivity contribution in [3.8, 4) is 0 Å². The van der Waals surface area contributed by atoms with Crippen LogP contribution in [0.3, 0.4) is 0 Å². The maximum atomic E-state index is 5.55. The Morgan fingerprint density at radius 3 is 2.53 bits per heavy atom. The van der Waals surface area contributed by atoms with E-state index in [0.717, 1.165) is 45.0 Å². The molecule has 0 aliphatic carbocycles. The Morgan fingerprint density at radius 2 is 2.00 bits per heavy atom. The zero-order chi connectivity index (χ0) is 12.3. The Kier molecular flexibility index (Phi) is 4.09. The van der Waals surface area contributed by atoms with E-state index >= 15 is 0 Å². The fourth-order valence-corrected chi connectivity index (χ4v) is 2.29. The van der Waals surface area contributed by atoms with Gasteiger partial charge < -0.3 is 5.73 Å². The first-order valence-corrected chi connectivity index (χ1v) is 6.26. The van der Waals surface area contributed by atoms with Crippen molar-refractivity contribution < 1.29 is 0 Å². The summed E-state index contributed by atoms with van der Waals surface area (Å²) in [5.41, 5.74) is 6.68. The molecule has 0 amide bonds. The van der Waals surface area contributed by atoms with Crippen LogP contribution in [0.15, 0.2) is 12.3 Å². The SMILES string of the molecule is Cn1ccc(CN2CCN(CC(N)=S)CC2)n1. The third kappa shape index (κ3) is 3.76. The van der Waals surface area contributed by atoms with Crippen LogP contribution in [0.5, 0.6) is 0 Å². The maximum absolute atomic E-state index is 5.55. The number of hydrogen-bond acceptors (Lipinski definition) is 4. The van der Waals surface area contributed by atoms with Gasteiger partial charge >= 0.3 is 0 Å². The minimum Gasteiger partial charge on any atom is -0.392 e. The fourth-order valence-electron chi connectivity index (χ4n) is 2.10. The number of aryl methyl sites for hydroxylation is 1. The van der Waals surface area contributed by atoms with Gasteiger partial charge in [0.25, 0.3) is 0 Å². The molecule has 0 radical (unpaired) electrons. The van der Waals surface area contributed by atoms with Crippen LogP contribution in [0.25, 0.3) is 0 Å². The largest absolute Gasteiger partial charge is 0.392 e. The highest BCUT2D eigenvalue weighted by molar-refractivity contribution is 7.80. The highest BCUT2D eigenvalue weighted by Gasteiger charge is 2.17. The lowest BCUT2D eigenvalue weighted by atomic mass is 10.3. The second-order valence-corrected chi connectivity index (χ2v) is 5.02. The summed E-state index contributed by atoms with van der Waals surface area (Å²) in [5.74, 6) is 0. The molecule has 0 aromatic carbocycles. The summed E-state index contributed by atoms with van der Waals surface area (Å²) in [7, 11) is 1.95. The summed E-state index contributed by atoms with van der Waals surface area (Å²) in [5, 5.41) is 4.39. The second-order valence-electron chi connectivity index (χ2n) is 4.50. The number of piperazine rings is 1. The normalized spacial score (nSPS) is 18.4. The Balaban J connectivity index is 1.77. The molecule has 0 bridgehead atoms. The topological polar surface area (TPSA) is 50.3 Å². The molecule has 5 nitrogen and oxygen atoms in total. The Bertz CT molecular complexity index is 381. The van der Waals surface area contributed by atoms with Crippen molar-refractivity contribution in [3.05, 3.63) is 18.0 Å². The van der Waals surface area contributed by atoms with Crippen molar-refractivity contribution >= 4 is 17.2 Å². The molecule has 2 heterocycles. The van der Waals surface area contributed by atoms with Crippen molar-refractivity contribution in [2.75, 3.05) is 32.7 Å². The predicted molar refractivity (Wildman–Crippen MR) is 71.7 cm³/mol.